The molecule has 36 heteroatoms. The summed E-state index contributed by atoms with van der Waals surface area (Å²) >= 11 is 0. The van der Waals surface area contributed by atoms with Gasteiger partial charge in [0, 0.05) is 115 Å². The molecule has 0 spiro atoms. The predicted octanol–water partition coefficient (Wildman–Crippen LogP) is 5.88. The minimum atomic E-state index is -0.500. The molecule has 696 valence electrons. The van der Waals surface area contributed by atoms with Gasteiger partial charge in [-0.2, -0.15) is 0 Å². The Morgan fingerprint density at radius 3 is 0.581 bits per heavy atom. The third kappa shape index (κ3) is 16.4. The van der Waals surface area contributed by atoms with Gasteiger partial charge in [0.15, 0.2) is 34.7 Å². The van der Waals surface area contributed by atoms with Crippen molar-refractivity contribution in [3.63, 3.8) is 0 Å². The number of pyridine rings is 12. The fraction of sp³-hybridized carbons (Fsp3) is 0.280. The molecule has 0 aliphatic heterocycles. The Labute approximate surface area is 768 Å². The summed E-state index contributed by atoms with van der Waals surface area (Å²) in [4.78, 5) is 311. The van der Waals surface area contributed by atoms with E-state index in [4.69, 9.17) is 0 Å². The Hall–Kier alpha value is -16.6. The van der Waals surface area contributed by atoms with Crippen LogP contribution in [0.25, 0.3) is 0 Å². The Bertz CT molecular complexity index is 8000. The molecular formula is C100H92N12O24. The van der Waals surface area contributed by atoms with Crippen LogP contribution >= 0.6 is 0 Å². The van der Waals surface area contributed by atoms with Gasteiger partial charge in [-0.15, -0.1) is 0 Å². The average molecular weight is 1850 g/mol. The number of aryl methyl sites for hydroxylation is 12. The maximum absolute atomic E-state index is 13.0. The number of aromatic amines is 6. The van der Waals surface area contributed by atoms with Crippen LogP contribution in [-0.2, 0) is 80.8 Å². The normalized spacial score (nSPS) is 13.0. The molecule has 6 aliphatic rings. The number of carbonyl (C=O) groups is 12. The highest BCUT2D eigenvalue weighted by Crippen LogP contribution is 2.37. The monoisotopic (exact) mass is 1840 g/mol. The van der Waals surface area contributed by atoms with E-state index in [9.17, 15) is 115 Å². The van der Waals surface area contributed by atoms with Crippen LogP contribution < -0.4 is 66.7 Å². The van der Waals surface area contributed by atoms with E-state index in [1.165, 1.54) is 124 Å². The molecule has 6 aliphatic carbocycles. The van der Waals surface area contributed by atoms with E-state index >= 15 is 0 Å². The molecule has 36 nitrogen and oxygen atoms in total. The molecular weight excluding hydrogens is 1750 g/mol. The van der Waals surface area contributed by atoms with Crippen molar-refractivity contribution in [3.8, 4) is 0 Å². The van der Waals surface area contributed by atoms with Gasteiger partial charge in [-0.05, 0) is 147 Å². The van der Waals surface area contributed by atoms with E-state index < -0.39 is 68.1 Å². The van der Waals surface area contributed by atoms with Crippen molar-refractivity contribution in [1.29, 1.82) is 0 Å². The summed E-state index contributed by atoms with van der Waals surface area (Å²) in [7, 11) is 8.71. The first-order chi connectivity index (χ1) is 64.2. The van der Waals surface area contributed by atoms with Crippen molar-refractivity contribution in [3.05, 3.63) is 399 Å². The lowest BCUT2D eigenvalue weighted by atomic mass is 9.84. The number of fused-ring (bicyclic) bond motifs is 12. The van der Waals surface area contributed by atoms with E-state index in [-0.39, 0.29) is 203 Å². The summed E-state index contributed by atoms with van der Waals surface area (Å²) in [6, 6.07) is 16.2. The van der Waals surface area contributed by atoms with Gasteiger partial charge in [-0.3, -0.25) is 115 Å². The zero-order valence-corrected chi connectivity index (χ0v) is 77.5. The standard InChI is InChI=1S/4C17H16N2O4.2C16H14N2O4/c2*1-4-5-9-7-10(20)18-14-13(9)16(22)12-8(2)6-11(21)19(3)15(12)17(14)23;2*1-4-5-9-7-11(21)19(3)15-13(9)16(22)12-8(2)6-10(20)18-14(12)17(15)23;1-4-8-6-9(19)17-13-12(8)15(21)11-7(2)5-10(20)18(3)14(11)16(13)22;1-4-8-6-10(20)18(3)14-12(8)15(21)11-7(2)5-9(19)17-13(11)16(14)22/h4*6-7H,4-5H2,1-3H3,(H,18,20);2*5-6H,4H2,1-3H3,(H,17,19). The Kier molecular flexibility index (Phi) is 26.6. The van der Waals surface area contributed by atoms with Crippen molar-refractivity contribution in [2.45, 2.75) is 147 Å². The van der Waals surface area contributed by atoms with Crippen LogP contribution in [0.1, 0.15) is 327 Å². The second kappa shape index (κ2) is 37.2. The third-order valence-electron chi connectivity index (χ3n) is 24.8. The molecule has 0 saturated heterocycles. The van der Waals surface area contributed by atoms with Crippen LogP contribution in [-0.4, -0.2) is 127 Å². The molecule has 12 aromatic heterocycles. The van der Waals surface area contributed by atoms with E-state index in [0.717, 1.165) is 44.0 Å². The smallest absolute Gasteiger partial charge is 0.251 e. The predicted molar refractivity (Wildman–Crippen MR) is 497 cm³/mol. The quantitative estimate of drug-likeness (QED) is 0.0930. The van der Waals surface area contributed by atoms with Crippen molar-refractivity contribution in [1.82, 2.24) is 57.3 Å². The topological polar surface area (TPSA) is 534 Å². The van der Waals surface area contributed by atoms with Crippen LogP contribution in [0.2, 0.25) is 0 Å². The lowest BCUT2D eigenvalue weighted by Crippen LogP contribution is -2.35. The van der Waals surface area contributed by atoms with Crippen LogP contribution in [0.15, 0.2) is 130 Å². The maximum atomic E-state index is 13.0. The highest BCUT2D eigenvalue weighted by molar-refractivity contribution is 6.32. The van der Waals surface area contributed by atoms with Crippen LogP contribution in [0.5, 0.6) is 0 Å². The highest BCUT2D eigenvalue weighted by Gasteiger charge is 2.43. The van der Waals surface area contributed by atoms with Gasteiger partial charge in [0.2, 0.25) is 68.1 Å². The van der Waals surface area contributed by atoms with Gasteiger partial charge in [0.05, 0.1) is 66.8 Å². The van der Waals surface area contributed by atoms with Crippen LogP contribution in [0, 0.1) is 41.5 Å². The number of H-pyrrole nitrogens is 6. The number of nitrogens with one attached hydrogen (secondary N) is 6. The first kappa shape index (κ1) is 97.0. The first-order valence-corrected chi connectivity index (χ1v) is 43.6. The van der Waals surface area contributed by atoms with Gasteiger partial charge in [-0.1, -0.05) is 67.2 Å². The minimum absolute atomic E-state index is 0.0148. The summed E-state index contributed by atoms with van der Waals surface area (Å²) in [6.07, 6.45) is 6.06. The molecule has 0 bridgehead atoms. The van der Waals surface area contributed by atoms with Crippen molar-refractivity contribution in [2.75, 3.05) is 0 Å². The first-order valence-electron chi connectivity index (χ1n) is 43.6. The zero-order chi connectivity index (χ0) is 99.9. The number of hydrogen-bond donors (Lipinski definition) is 6. The summed E-state index contributed by atoms with van der Waals surface area (Å²) < 4.78 is 7.00. The van der Waals surface area contributed by atoms with Crippen molar-refractivity contribution < 1.29 is 57.5 Å². The summed E-state index contributed by atoms with van der Waals surface area (Å²) in [6.45, 7) is 21.2. The second-order valence-corrected chi connectivity index (χ2v) is 33.8. The Balaban J connectivity index is 0.000000138. The Morgan fingerprint density at radius 1 is 0.184 bits per heavy atom. The lowest BCUT2D eigenvalue weighted by molar-refractivity contribution is 0.0966. The molecule has 12 heterocycles. The number of hydrogen-bond acceptors (Lipinski definition) is 24. The average Bonchev–Trinajstić information content (AvgIpc) is 0.755. The summed E-state index contributed by atoms with van der Waals surface area (Å²) in [5.41, 5.74) is 4.52. The molecule has 0 saturated carbocycles. The molecule has 0 unspecified atom stereocenters. The number of aromatic nitrogens is 12. The van der Waals surface area contributed by atoms with Crippen LogP contribution in [0.3, 0.4) is 0 Å². The SMILES string of the molecule is CCCc1cc(=O)[nH]c2c1C(=O)c1c(C)cc(=O)n(C)c1C2=O.CCCc1cc(=O)[nH]c2c1C(=O)c1c(C)cc(=O)n(C)c1C2=O.CCCc1cc(=O)n(C)c2c1C(=O)c1c(C)cc(=O)[nH]c1C2=O.CCCc1cc(=O)n(C)c2c1C(=O)c1c(C)cc(=O)[nH]c1C2=O.CCc1cc(=O)[nH]c2c1C(=O)c1c(C)cc(=O)n(C)c1C2=O.CCc1cc(=O)n(C)c2c1C(=O)c1c(C)cc(=O)[nH]c1C2=O. The second-order valence-electron chi connectivity index (χ2n) is 33.8. The highest BCUT2D eigenvalue weighted by atomic mass is 16.2. The number of rotatable bonds is 10. The molecule has 18 rings (SSSR count). The molecule has 12 aromatic rings. The summed E-state index contributed by atoms with van der Waals surface area (Å²) in [5, 5.41) is 0. The molecule has 0 atom stereocenters. The minimum Gasteiger partial charge on any atom is -0.318 e. The molecule has 0 aromatic carbocycles. The van der Waals surface area contributed by atoms with E-state index in [1.807, 2.05) is 41.5 Å². The molecule has 136 heavy (non-hydrogen) atoms. The number of carbonyl (C=O) groups excluding carboxylic acids is 12. The molecule has 0 amide bonds. The maximum Gasteiger partial charge on any atom is 0.251 e. The zero-order valence-electron chi connectivity index (χ0n) is 77.5. The van der Waals surface area contributed by atoms with Crippen molar-refractivity contribution in [2.24, 2.45) is 42.3 Å². The molecule has 0 radical (unpaired) electrons. The van der Waals surface area contributed by atoms with E-state index in [2.05, 4.69) is 29.9 Å². The lowest BCUT2D eigenvalue weighted by Gasteiger charge is -2.22. The van der Waals surface area contributed by atoms with Crippen molar-refractivity contribution >= 4 is 69.4 Å². The van der Waals surface area contributed by atoms with Gasteiger partial charge >= 0.3 is 0 Å². The number of nitrogens with zero attached hydrogens (tertiary/aromatic N) is 6. The van der Waals surface area contributed by atoms with Gasteiger partial charge in [0.25, 0.3) is 33.4 Å². The van der Waals surface area contributed by atoms with E-state index in [1.54, 1.807) is 41.5 Å². The Morgan fingerprint density at radius 2 is 0.346 bits per heavy atom. The van der Waals surface area contributed by atoms with E-state index in [0.29, 0.717) is 105 Å². The van der Waals surface area contributed by atoms with Gasteiger partial charge in [0.1, 0.15) is 68.3 Å². The fourth-order valence-electron chi connectivity index (χ4n) is 18.4. The molecule has 6 N–H and O–H groups in total. The van der Waals surface area contributed by atoms with Gasteiger partial charge in [-0.25, -0.2) is 0 Å². The number of ketones is 12. The third-order valence-corrected chi connectivity index (χ3v) is 24.8. The summed E-state index contributed by atoms with van der Waals surface area (Å²) in [5.74, 6) is -4.89. The molecule has 0 fully saturated rings. The fourth-order valence-corrected chi connectivity index (χ4v) is 18.4. The van der Waals surface area contributed by atoms with Gasteiger partial charge < -0.3 is 57.3 Å². The largest absolute Gasteiger partial charge is 0.318 e. The van der Waals surface area contributed by atoms with Crippen LogP contribution in [0.4, 0.5) is 0 Å².